The summed E-state index contributed by atoms with van der Waals surface area (Å²) < 4.78 is 10.8. The fourth-order valence-electron chi connectivity index (χ4n) is 4.33. The number of pyridine rings is 1. The van der Waals surface area contributed by atoms with E-state index in [-0.39, 0.29) is 6.04 Å². The van der Waals surface area contributed by atoms with Crippen LogP contribution in [0.15, 0.2) is 54.0 Å². The molecule has 9 heteroatoms. The minimum absolute atomic E-state index is 0.306. The van der Waals surface area contributed by atoms with Gasteiger partial charge in [0.05, 0.1) is 36.5 Å². The van der Waals surface area contributed by atoms with Crippen molar-refractivity contribution in [1.29, 1.82) is 0 Å². The van der Waals surface area contributed by atoms with E-state index in [0.29, 0.717) is 46.5 Å². The molecule has 3 heterocycles. The summed E-state index contributed by atoms with van der Waals surface area (Å²) in [5, 5.41) is 17.4. The predicted octanol–water partition coefficient (Wildman–Crippen LogP) is 5.58. The van der Waals surface area contributed by atoms with E-state index < -0.39 is 6.04 Å². The molecule has 0 saturated carbocycles. The Morgan fingerprint density at radius 1 is 1.16 bits per heavy atom. The van der Waals surface area contributed by atoms with Crippen molar-refractivity contribution in [2.24, 2.45) is 0 Å². The molecule has 2 aromatic rings. The van der Waals surface area contributed by atoms with Gasteiger partial charge in [-0.25, -0.2) is 0 Å². The largest absolute Gasteiger partial charge is 0.784 e. The molecule has 1 aromatic heterocycles. The summed E-state index contributed by atoms with van der Waals surface area (Å²) in [7, 11) is 3.05. The molecule has 2 aliphatic heterocycles. The molecule has 0 fully saturated rings. The van der Waals surface area contributed by atoms with Crippen molar-refractivity contribution in [3.63, 3.8) is 0 Å². The van der Waals surface area contributed by atoms with Crippen molar-refractivity contribution in [2.75, 3.05) is 26.2 Å². The van der Waals surface area contributed by atoms with E-state index in [1.807, 2.05) is 30.3 Å². The van der Waals surface area contributed by atoms with Gasteiger partial charge in [0.2, 0.25) is 0 Å². The maximum absolute atomic E-state index is 13.6. The van der Waals surface area contributed by atoms with Gasteiger partial charge in [0.1, 0.15) is 11.5 Å². The van der Waals surface area contributed by atoms with E-state index in [2.05, 4.69) is 16.5 Å². The average molecular weight is 476 g/mol. The first-order valence-electron chi connectivity index (χ1n) is 10.4. The first-order valence-corrected chi connectivity index (χ1v) is 11.1. The Hall–Kier alpha value is -2.45. The summed E-state index contributed by atoms with van der Waals surface area (Å²) in [5.74, 6) is 0.854. The van der Waals surface area contributed by atoms with Crippen LogP contribution in [0.5, 0.6) is 11.5 Å². The molecule has 2 unspecified atom stereocenters. The molecule has 7 nitrogen and oxygen atoms in total. The molecule has 1 N–H and O–H groups in total. The Labute approximate surface area is 197 Å². The third kappa shape index (κ3) is 4.13. The molecule has 170 valence electrons. The lowest BCUT2D eigenvalue weighted by Gasteiger charge is -2.50. The number of hydrogen-bond acceptors (Lipinski definition) is 7. The third-order valence-corrected chi connectivity index (χ3v) is 6.70. The second-order valence-electron chi connectivity index (χ2n) is 7.67. The number of allylic oxidation sites excluding steroid dienone is 1. The second kappa shape index (κ2) is 9.58. The monoisotopic (exact) mass is 475 g/mol. The van der Waals surface area contributed by atoms with Crippen molar-refractivity contribution in [2.45, 2.75) is 31.8 Å². The lowest BCUT2D eigenvalue weighted by atomic mass is 9.84. The number of aromatic nitrogens is 1. The summed E-state index contributed by atoms with van der Waals surface area (Å²) in [6, 6.07) is 4.57. The number of anilines is 1. The molecule has 0 aliphatic carbocycles. The van der Waals surface area contributed by atoms with Crippen LogP contribution in [0.25, 0.3) is 0 Å². The highest BCUT2D eigenvalue weighted by Crippen LogP contribution is 2.49. The topological polar surface area (TPSA) is 72.9 Å². The van der Waals surface area contributed by atoms with Gasteiger partial charge >= 0.3 is 0 Å². The zero-order valence-corrected chi connectivity index (χ0v) is 19.7. The van der Waals surface area contributed by atoms with E-state index in [1.54, 1.807) is 18.5 Å². The zero-order valence-electron chi connectivity index (χ0n) is 18.1. The number of ether oxygens (including phenoxy) is 2. The van der Waals surface area contributed by atoms with Gasteiger partial charge in [-0.2, -0.15) is 0 Å². The first-order chi connectivity index (χ1) is 15.5. The van der Waals surface area contributed by atoms with Gasteiger partial charge in [-0.05, 0) is 42.2 Å². The van der Waals surface area contributed by atoms with E-state index in [0.717, 1.165) is 21.9 Å². The van der Waals surface area contributed by atoms with Gasteiger partial charge in [-0.15, -0.1) is 0 Å². The minimum Gasteiger partial charge on any atom is -0.784 e. The van der Waals surface area contributed by atoms with Crippen LogP contribution < -0.4 is 14.9 Å². The standard InChI is InChI=1S/C23H25Cl2N4O3/c1-4-17-16-13-28(27-15-5-8-26-9-6-15)10-7-14(16)11-18(29(17)30)21-22(24)19(31-2)12-20(32-3)23(21)25/h5-10,12,17-18H,4,11,13H2,1-3H3,(H,26,27)/q-1. The highest BCUT2D eigenvalue weighted by atomic mass is 35.5. The normalized spacial score (nSPS) is 20.9. The molecular weight excluding hydrogens is 451 g/mol. The van der Waals surface area contributed by atoms with E-state index in [4.69, 9.17) is 32.7 Å². The minimum atomic E-state index is -0.549. The number of rotatable bonds is 6. The van der Waals surface area contributed by atoms with Crippen molar-refractivity contribution in [1.82, 2.24) is 15.1 Å². The smallest absolute Gasteiger partial charge is 0.141 e. The lowest BCUT2D eigenvalue weighted by Crippen LogP contribution is -2.44. The van der Waals surface area contributed by atoms with Crippen molar-refractivity contribution in [3.8, 4) is 11.5 Å². The predicted molar refractivity (Wildman–Crippen MR) is 127 cm³/mol. The van der Waals surface area contributed by atoms with Gasteiger partial charge in [0.25, 0.3) is 0 Å². The van der Waals surface area contributed by atoms with Crippen molar-refractivity contribution >= 4 is 28.9 Å². The van der Waals surface area contributed by atoms with Crippen LogP contribution in [0.3, 0.4) is 0 Å². The number of nitrogens with zero attached hydrogens (tertiary/aromatic N) is 3. The van der Waals surface area contributed by atoms with Gasteiger partial charge in [-0.1, -0.05) is 30.1 Å². The number of methoxy groups -OCH3 is 2. The Balaban J connectivity index is 1.67. The molecule has 0 radical (unpaired) electrons. The Bertz CT molecular complexity index is 1020. The van der Waals surface area contributed by atoms with E-state index >= 15 is 0 Å². The zero-order chi connectivity index (χ0) is 22.8. The van der Waals surface area contributed by atoms with Crippen molar-refractivity contribution in [3.05, 3.63) is 74.8 Å². The number of nitrogens with one attached hydrogen (secondary N) is 1. The van der Waals surface area contributed by atoms with Gasteiger partial charge in [0.15, 0.2) is 0 Å². The summed E-state index contributed by atoms with van der Waals surface area (Å²) in [6.07, 6.45) is 8.65. The molecule has 32 heavy (non-hydrogen) atoms. The Morgan fingerprint density at radius 2 is 1.81 bits per heavy atom. The van der Waals surface area contributed by atoms with Gasteiger partial charge in [0, 0.05) is 42.3 Å². The average Bonchev–Trinajstić information content (AvgIpc) is 2.80. The van der Waals surface area contributed by atoms with Gasteiger partial charge in [-0.3, -0.25) is 15.4 Å². The molecule has 2 aliphatic rings. The summed E-state index contributed by atoms with van der Waals surface area (Å²) in [5.41, 5.74) is 7.01. The SMILES string of the molecule is CCC1C2=C(C=CN(Nc3ccncc3)C2)CC(c2c(Cl)c(OC)cc(OC)c2Cl)N1[O-]. The molecule has 4 rings (SSSR count). The van der Waals surface area contributed by atoms with Crippen LogP contribution in [-0.2, 0) is 0 Å². The van der Waals surface area contributed by atoms with Crippen LogP contribution in [0.4, 0.5) is 5.69 Å². The van der Waals surface area contributed by atoms with Crippen molar-refractivity contribution < 1.29 is 9.47 Å². The maximum atomic E-state index is 13.6. The van der Waals surface area contributed by atoms with Crippen LogP contribution in [-0.4, -0.2) is 41.9 Å². The van der Waals surface area contributed by atoms with Crippen LogP contribution in [0.2, 0.25) is 10.0 Å². The molecule has 0 amide bonds. The molecule has 2 atom stereocenters. The van der Waals surface area contributed by atoms with Crippen LogP contribution in [0.1, 0.15) is 31.4 Å². The first kappa shape index (κ1) is 22.7. The fraction of sp³-hybridized carbons (Fsp3) is 0.348. The molecule has 0 saturated heterocycles. The van der Waals surface area contributed by atoms with Gasteiger partial charge < -0.3 is 19.7 Å². The fourth-order valence-corrected chi connectivity index (χ4v) is 5.09. The van der Waals surface area contributed by atoms with E-state index in [9.17, 15) is 5.21 Å². The maximum Gasteiger partial charge on any atom is 0.141 e. The van der Waals surface area contributed by atoms with Crippen LogP contribution in [0, 0.1) is 5.21 Å². The second-order valence-corrected chi connectivity index (χ2v) is 8.42. The van der Waals surface area contributed by atoms with E-state index in [1.165, 1.54) is 14.2 Å². The molecule has 0 bridgehead atoms. The summed E-state index contributed by atoms with van der Waals surface area (Å²) >= 11 is 13.3. The number of hydroxylamine groups is 2. The Kier molecular flexibility index (Phi) is 6.81. The molecule has 1 aromatic carbocycles. The number of hydrogen-bond donors (Lipinski definition) is 1. The molecule has 0 spiro atoms. The summed E-state index contributed by atoms with van der Waals surface area (Å²) in [4.78, 5) is 4.04. The highest BCUT2D eigenvalue weighted by Gasteiger charge is 2.35. The highest BCUT2D eigenvalue weighted by molar-refractivity contribution is 6.38. The number of hydrazine groups is 1. The number of benzene rings is 1. The third-order valence-electron chi connectivity index (χ3n) is 5.92. The quantitative estimate of drug-likeness (QED) is 0.584. The van der Waals surface area contributed by atoms with Crippen LogP contribution >= 0.6 is 23.2 Å². The molecular formula is C23H25Cl2N4O3-. The summed E-state index contributed by atoms with van der Waals surface area (Å²) in [6.45, 7) is 2.61. The number of halogens is 2. The Morgan fingerprint density at radius 3 is 2.41 bits per heavy atom. The lowest BCUT2D eigenvalue weighted by molar-refractivity contribution is 0.195.